The number of halogens is 4. The molecule has 0 unspecified atom stereocenters. The quantitative estimate of drug-likeness (QED) is 0.675. The van der Waals surface area contributed by atoms with Gasteiger partial charge in [-0.2, -0.15) is 13.2 Å². The second-order valence-electron chi connectivity index (χ2n) is 4.68. The molecular formula is C13H15F4NO. The maximum absolute atomic E-state index is 13.1. The summed E-state index contributed by atoms with van der Waals surface area (Å²) in [4.78, 5) is 12.1. The third kappa shape index (κ3) is 3.53. The van der Waals surface area contributed by atoms with Gasteiger partial charge in [-0.25, -0.2) is 4.39 Å². The number of benzene rings is 1. The van der Waals surface area contributed by atoms with Crippen molar-refractivity contribution in [2.45, 2.75) is 32.5 Å². The molecule has 6 heteroatoms. The van der Waals surface area contributed by atoms with Crippen molar-refractivity contribution in [1.82, 2.24) is 5.32 Å². The third-order valence-electron chi connectivity index (χ3n) is 2.72. The van der Waals surface area contributed by atoms with Crippen LogP contribution in [0.15, 0.2) is 18.2 Å². The molecule has 1 aromatic carbocycles. The number of hydrogen-bond acceptors (Lipinski definition) is 2. The molecule has 0 amide bonds. The summed E-state index contributed by atoms with van der Waals surface area (Å²) in [7, 11) is 0. The minimum Gasteiger partial charge on any atom is -0.305 e. The zero-order valence-electron chi connectivity index (χ0n) is 10.9. The molecule has 1 rings (SSSR count). The first-order valence-electron chi connectivity index (χ1n) is 5.76. The summed E-state index contributed by atoms with van der Waals surface area (Å²) in [5.41, 5.74) is -2.60. The Bertz CT molecular complexity index is 480. The summed E-state index contributed by atoms with van der Waals surface area (Å²) in [5.74, 6) is -1.90. The van der Waals surface area contributed by atoms with Crippen LogP contribution in [0.5, 0.6) is 0 Å². The third-order valence-corrected chi connectivity index (χ3v) is 2.72. The lowest BCUT2D eigenvalue weighted by Crippen LogP contribution is -2.46. The number of hydrogen-bond donors (Lipinski definition) is 1. The average Bonchev–Trinajstić information content (AvgIpc) is 2.27. The molecule has 0 aliphatic carbocycles. The number of ketones is 1. The Kier molecular flexibility index (Phi) is 4.35. The highest BCUT2D eigenvalue weighted by Crippen LogP contribution is 2.32. The van der Waals surface area contributed by atoms with Gasteiger partial charge in [0.05, 0.1) is 11.1 Å². The van der Waals surface area contributed by atoms with Crippen LogP contribution >= 0.6 is 0 Å². The molecule has 0 saturated heterocycles. The zero-order valence-corrected chi connectivity index (χ0v) is 10.9. The van der Waals surface area contributed by atoms with Crippen LogP contribution in [-0.2, 0) is 6.18 Å². The molecule has 0 spiro atoms. The van der Waals surface area contributed by atoms with Crippen LogP contribution in [0, 0.1) is 5.82 Å². The Morgan fingerprint density at radius 1 is 1.26 bits per heavy atom. The molecule has 0 bridgehead atoms. The highest BCUT2D eigenvalue weighted by Gasteiger charge is 2.36. The van der Waals surface area contributed by atoms with Crippen molar-refractivity contribution < 1.29 is 22.4 Å². The van der Waals surface area contributed by atoms with E-state index >= 15 is 0 Å². The number of carbonyl (C=O) groups excluding carboxylic acids is 1. The first kappa shape index (κ1) is 15.6. The molecular weight excluding hydrogens is 262 g/mol. The van der Waals surface area contributed by atoms with E-state index in [1.54, 1.807) is 20.8 Å². The number of Topliss-reactive ketones (excluding diaryl/α,β-unsaturated/α-hetero) is 1. The summed E-state index contributed by atoms with van der Waals surface area (Å²) < 4.78 is 50.8. The number of likely N-dealkylation sites (N-methyl/N-ethyl adjacent to an activating group) is 1. The number of rotatable bonds is 4. The summed E-state index contributed by atoms with van der Waals surface area (Å²) in [5, 5.41) is 2.87. The van der Waals surface area contributed by atoms with Crippen molar-refractivity contribution in [2.24, 2.45) is 0 Å². The Morgan fingerprint density at radius 2 is 1.84 bits per heavy atom. The van der Waals surface area contributed by atoms with Gasteiger partial charge in [-0.15, -0.1) is 0 Å². The fraction of sp³-hybridized carbons (Fsp3) is 0.462. The van der Waals surface area contributed by atoms with Crippen molar-refractivity contribution in [3.63, 3.8) is 0 Å². The zero-order chi connectivity index (χ0) is 14.8. The molecule has 0 aromatic heterocycles. The van der Waals surface area contributed by atoms with Gasteiger partial charge in [0.15, 0.2) is 5.78 Å². The summed E-state index contributed by atoms with van der Waals surface area (Å²) in [6.45, 7) is 5.40. The summed E-state index contributed by atoms with van der Waals surface area (Å²) in [6.07, 6.45) is -4.82. The first-order chi connectivity index (χ1) is 8.59. The maximum atomic E-state index is 13.1. The van der Waals surface area contributed by atoms with E-state index in [9.17, 15) is 22.4 Å². The molecule has 1 N–H and O–H groups in total. The standard InChI is InChI=1S/C13H15F4NO/c1-4-18-12(2,3)11(19)8-5-6-10(14)9(7-8)13(15,16)17/h5-7,18H,4H2,1-3H3. The fourth-order valence-corrected chi connectivity index (χ4v) is 1.77. The first-order valence-corrected chi connectivity index (χ1v) is 5.76. The van der Waals surface area contributed by atoms with Gasteiger partial charge < -0.3 is 5.32 Å². The molecule has 0 saturated carbocycles. The SMILES string of the molecule is CCNC(C)(C)C(=O)c1ccc(F)c(C(F)(F)F)c1. The molecule has 0 fully saturated rings. The van der Waals surface area contributed by atoms with Crippen LogP contribution in [0.1, 0.15) is 36.7 Å². The van der Waals surface area contributed by atoms with E-state index < -0.39 is 28.9 Å². The van der Waals surface area contributed by atoms with E-state index in [1.165, 1.54) is 0 Å². The van der Waals surface area contributed by atoms with Gasteiger partial charge in [0, 0.05) is 5.56 Å². The van der Waals surface area contributed by atoms with Gasteiger partial charge in [0.1, 0.15) is 5.82 Å². The summed E-state index contributed by atoms with van der Waals surface area (Å²) in [6, 6.07) is 2.28. The molecule has 0 aliphatic heterocycles. The maximum Gasteiger partial charge on any atom is 0.419 e. The molecule has 0 aliphatic rings. The van der Waals surface area contributed by atoms with Crippen molar-refractivity contribution >= 4 is 5.78 Å². The topological polar surface area (TPSA) is 29.1 Å². The van der Waals surface area contributed by atoms with Gasteiger partial charge in [0.25, 0.3) is 0 Å². The molecule has 0 heterocycles. The van der Waals surface area contributed by atoms with E-state index in [1.807, 2.05) is 0 Å². The second kappa shape index (κ2) is 5.28. The largest absolute Gasteiger partial charge is 0.419 e. The van der Waals surface area contributed by atoms with Crippen LogP contribution in [-0.4, -0.2) is 17.9 Å². The Labute approximate surface area is 108 Å². The molecule has 0 radical (unpaired) electrons. The van der Waals surface area contributed by atoms with Crippen molar-refractivity contribution in [1.29, 1.82) is 0 Å². The van der Waals surface area contributed by atoms with Crippen LogP contribution in [0.4, 0.5) is 17.6 Å². The predicted octanol–water partition coefficient (Wildman–Crippen LogP) is 3.42. The number of carbonyl (C=O) groups is 1. The van der Waals surface area contributed by atoms with E-state index in [4.69, 9.17) is 0 Å². The number of alkyl halides is 3. The Hall–Kier alpha value is -1.43. The Balaban J connectivity index is 3.20. The minimum absolute atomic E-state index is 0.167. The van der Waals surface area contributed by atoms with Gasteiger partial charge in [0.2, 0.25) is 0 Å². The second-order valence-corrected chi connectivity index (χ2v) is 4.68. The summed E-state index contributed by atoms with van der Waals surface area (Å²) >= 11 is 0. The lowest BCUT2D eigenvalue weighted by molar-refractivity contribution is -0.140. The van der Waals surface area contributed by atoms with Gasteiger partial charge in [-0.3, -0.25) is 4.79 Å². The van der Waals surface area contributed by atoms with Gasteiger partial charge in [-0.1, -0.05) is 6.92 Å². The van der Waals surface area contributed by atoms with Crippen molar-refractivity contribution in [2.75, 3.05) is 6.54 Å². The van der Waals surface area contributed by atoms with Crippen LogP contribution in [0.3, 0.4) is 0 Å². The van der Waals surface area contributed by atoms with Gasteiger partial charge in [-0.05, 0) is 38.6 Å². The highest BCUT2D eigenvalue weighted by molar-refractivity contribution is 6.02. The lowest BCUT2D eigenvalue weighted by atomic mass is 9.92. The monoisotopic (exact) mass is 277 g/mol. The fourth-order valence-electron chi connectivity index (χ4n) is 1.77. The minimum atomic E-state index is -4.82. The smallest absolute Gasteiger partial charge is 0.305 e. The van der Waals surface area contributed by atoms with Crippen LogP contribution in [0.2, 0.25) is 0 Å². The number of nitrogens with one attached hydrogen (secondary N) is 1. The molecule has 1 aromatic rings. The van der Waals surface area contributed by atoms with Crippen molar-refractivity contribution in [3.05, 3.63) is 35.1 Å². The van der Waals surface area contributed by atoms with Crippen LogP contribution < -0.4 is 5.32 Å². The van der Waals surface area contributed by atoms with E-state index in [-0.39, 0.29) is 5.56 Å². The van der Waals surface area contributed by atoms with Crippen molar-refractivity contribution in [3.8, 4) is 0 Å². The normalized spacial score (nSPS) is 12.6. The lowest BCUT2D eigenvalue weighted by Gasteiger charge is -2.24. The van der Waals surface area contributed by atoms with Crippen LogP contribution in [0.25, 0.3) is 0 Å². The molecule has 19 heavy (non-hydrogen) atoms. The van der Waals surface area contributed by atoms with E-state index in [0.717, 1.165) is 6.07 Å². The average molecular weight is 277 g/mol. The molecule has 0 atom stereocenters. The van der Waals surface area contributed by atoms with Gasteiger partial charge >= 0.3 is 6.18 Å². The predicted molar refractivity (Wildman–Crippen MR) is 63.5 cm³/mol. The van der Waals surface area contributed by atoms with E-state index in [0.29, 0.717) is 18.7 Å². The van der Waals surface area contributed by atoms with E-state index in [2.05, 4.69) is 5.32 Å². The highest BCUT2D eigenvalue weighted by atomic mass is 19.4. The molecule has 106 valence electrons. The Morgan fingerprint density at radius 3 is 2.32 bits per heavy atom. The molecule has 2 nitrogen and oxygen atoms in total.